The van der Waals surface area contributed by atoms with E-state index in [0.29, 0.717) is 11.2 Å². The molecule has 3 aliphatic heterocycles. The van der Waals surface area contributed by atoms with Crippen molar-refractivity contribution < 1.29 is 19.1 Å². The van der Waals surface area contributed by atoms with E-state index < -0.39 is 17.1 Å². The summed E-state index contributed by atoms with van der Waals surface area (Å²) >= 11 is 0. The Morgan fingerprint density at radius 1 is 1.08 bits per heavy atom. The summed E-state index contributed by atoms with van der Waals surface area (Å²) < 4.78 is 14.6. The Kier molecular flexibility index (Phi) is 4.51. The van der Waals surface area contributed by atoms with Crippen LogP contribution in [0.3, 0.4) is 0 Å². The Hall–Kier alpha value is -2.85. The Labute approximate surface area is 215 Å². The van der Waals surface area contributed by atoms with Crippen molar-refractivity contribution in [2.45, 2.75) is 83.0 Å². The number of rotatable bonds is 1. The van der Waals surface area contributed by atoms with Gasteiger partial charge in [0.1, 0.15) is 22.9 Å². The number of hydrogen-bond donors (Lipinski definition) is 2. The molecule has 3 saturated heterocycles. The first-order chi connectivity index (χ1) is 17.5. The van der Waals surface area contributed by atoms with Gasteiger partial charge in [0.25, 0.3) is 0 Å². The number of nitrogens with two attached hydrogens (primary N) is 1. The van der Waals surface area contributed by atoms with Gasteiger partial charge in [-0.3, -0.25) is 9.59 Å². The number of anilines is 1. The number of allylic oxidation sites excluding steroid dienone is 1. The highest BCUT2D eigenvalue weighted by molar-refractivity contribution is 6.09. The fraction of sp³-hybridized carbons (Fsp3) is 0.667. The molecule has 0 unspecified atom stereocenters. The first-order valence-corrected chi connectivity index (χ1v) is 13.3. The number of ether oxygens (including phenoxy) is 2. The van der Waals surface area contributed by atoms with Gasteiger partial charge in [-0.2, -0.15) is 0 Å². The highest BCUT2D eigenvalue weighted by Gasteiger charge is 2.78. The number of nitrogens with one attached hydrogen (secondary N) is 1. The summed E-state index contributed by atoms with van der Waals surface area (Å²) in [6.45, 7) is 10.5. The van der Waals surface area contributed by atoms with Crippen LogP contribution in [0.2, 0.25) is 0 Å². The average molecular weight is 507 g/mol. The molecule has 37 heavy (non-hydrogen) atoms. The predicted molar refractivity (Wildman–Crippen MR) is 134 cm³/mol. The van der Waals surface area contributed by atoms with Crippen molar-refractivity contribution in [2.75, 3.05) is 5.73 Å². The van der Waals surface area contributed by atoms with Gasteiger partial charge in [0, 0.05) is 24.3 Å². The van der Waals surface area contributed by atoms with E-state index in [1.165, 1.54) is 6.33 Å². The largest absolute Gasteiger partial charge is 0.382 e. The molecule has 196 valence electrons. The standard InChI is InChI=1S/C27H34N6O4/c1-12-7-6-8-15-21-25(4,37-21)13(2)18-14(3)32-24(35)27(15,18)17(34)9-16(26(5)20(12)36-26)33-11-31-19-22(28)29-10-30-23(19)33/h6,8,10-16,18,20-21H,7,9H2,1-5H3,(H,32,35)(H2,28,29,30)/b8-6+/t12-,13-,14-,15-,16+,18-,20+,21-,25+,26-,27+/m0/s1. The van der Waals surface area contributed by atoms with Crippen molar-refractivity contribution in [1.82, 2.24) is 24.8 Å². The molecule has 1 spiro atoms. The second kappa shape index (κ2) is 7.17. The third-order valence-electron chi connectivity index (χ3n) is 10.5. The molecule has 0 radical (unpaired) electrons. The monoisotopic (exact) mass is 506 g/mol. The van der Waals surface area contributed by atoms with Crippen LogP contribution in [-0.2, 0) is 19.1 Å². The van der Waals surface area contributed by atoms with E-state index in [2.05, 4.69) is 60.1 Å². The molecule has 10 heteroatoms. The van der Waals surface area contributed by atoms with Gasteiger partial charge in [0.15, 0.2) is 17.2 Å². The number of carbonyl (C=O) groups is 2. The van der Waals surface area contributed by atoms with Crippen molar-refractivity contribution in [3.8, 4) is 0 Å². The molecule has 5 heterocycles. The van der Waals surface area contributed by atoms with Crippen LogP contribution in [-0.4, -0.2) is 60.7 Å². The van der Waals surface area contributed by atoms with E-state index in [-0.39, 0.29) is 71.5 Å². The fourth-order valence-corrected chi connectivity index (χ4v) is 8.32. The lowest BCUT2D eigenvalue weighted by molar-refractivity contribution is -0.149. The molecule has 3 N–H and O–H groups in total. The van der Waals surface area contributed by atoms with E-state index in [9.17, 15) is 9.59 Å². The fourth-order valence-electron chi connectivity index (χ4n) is 8.32. The number of carbonyl (C=O) groups excluding carboxylic acids is 2. The number of amides is 1. The number of ketones is 1. The second-order valence-electron chi connectivity index (χ2n) is 12.3. The number of imidazole rings is 1. The lowest BCUT2D eigenvalue weighted by Gasteiger charge is -2.46. The molecule has 11 atom stereocenters. The minimum atomic E-state index is -1.20. The van der Waals surface area contributed by atoms with Crippen molar-refractivity contribution in [2.24, 2.45) is 29.1 Å². The summed E-state index contributed by atoms with van der Waals surface area (Å²) in [5.74, 6) is -0.182. The van der Waals surface area contributed by atoms with Gasteiger partial charge in [-0.15, -0.1) is 0 Å². The Balaban J connectivity index is 1.41. The molecule has 7 rings (SSSR count). The van der Waals surface area contributed by atoms with Gasteiger partial charge in [0.2, 0.25) is 5.91 Å². The molecule has 4 fully saturated rings. The van der Waals surface area contributed by atoms with Crippen LogP contribution in [0.25, 0.3) is 11.2 Å². The molecule has 2 aromatic rings. The zero-order valence-corrected chi connectivity index (χ0v) is 21.8. The van der Waals surface area contributed by atoms with Crippen molar-refractivity contribution in [3.05, 3.63) is 24.8 Å². The number of Topliss-reactive ketones (excluding diaryl/α,β-unsaturated/α-hetero) is 1. The molecule has 1 amide bonds. The van der Waals surface area contributed by atoms with Crippen molar-refractivity contribution in [3.63, 3.8) is 0 Å². The lowest BCUT2D eigenvalue weighted by atomic mass is 9.51. The number of nitrogen functional groups attached to an aromatic ring is 1. The first-order valence-electron chi connectivity index (χ1n) is 13.3. The van der Waals surface area contributed by atoms with Gasteiger partial charge in [-0.05, 0) is 39.0 Å². The number of aromatic nitrogens is 4. The Bertz CT molecular complexity index is 1370. The first kappa shape index (κ1) is 23.3. The summed E-state index contributed by atoms with van der Waals surface area (Å²) in [5, 5.41) is 3.16. The number of epoxide rings is 2. The summed E-state index contributed by atoms with van der Waals surface area (Å²) in [6, 6.07) is -0.540. The van der Waals surface area contributed by atoms with Crippen LogP contribution in [0.4, 0.5) is 5.82 Å². The lowest BCUT2D eigenvalue weighted by Crippen LogP contribution is -2.58. The molecular weight excluding hydrogens is 472 g/mol. The third-order valence-corrected chi connectivity index (χ3v) is 10.5. The van der Waals surface area contributed by atoms with E-state index in [4.69, 9.17) is 15.2 Å². The van der Waals surface area contributed by atoms with Crippen LogP contribution in [0, 0.1) is 29.1 Å². The van der Waals surface area contributed by atoms with Gasteiger partial charge >= 0.3 is 0 Å². The van der Waals surface area contributed by atoms with Gasteiger partial charge in [-0.1, -0.05) is 26.0 Å². The maximum atomic E-state index is 14.8. The van der Waals surface area contributed by atoms with Crippen LogP contribution in [0.15, 0.2) is 24.8 Å². The molecular formula is C27H34N6O4. The van der Waals surface area contributed by atoms with Gasteiger partial charge in [0.05, 0.1) is 30.2 Å². The van der Waals surface area contributed by atoms with E-state index in [1.807, 2.05) is 11.5 Å². The minimum Gasteiger partial charge on any atom is -0.382 e. The normalized spacial score (nSPS) is 49.2. The van der Waals surface area contributed by atoms with E-state index in [1.54, 1.807) is 6.33 Å². The highest BCUT2D eigenvalue weighted by atomic mass is 16.6. The van der Waals surface area contributed by atoms with E-state index >= 15 is 0 Å². The third kappa shape index (κ3) is 2.75. The zero-order chi connectivity index (χ0) is 26.1. The molecule has 10 nitrogen and oxygen atoms in total. The highest BCUT2D eigenvalue weighted by Crippen LogP contribution is 2.66. The quantitative estimate of drug-likeness (QED) is 0.341. The molecule has 0 aromatic carbocycles. The maximum absolute atomic E-state index is 14.8. The van der Waals surface area contributed by atoms with Gasteiger partial charge < -0.3 is 25.1 Å². The number of fused-ring (bicyclic) bond motifs is 4. The SMILES string of the molecule is C[C@@H]1NC(=O)[C@@]23C(=O)C[C@@H](n4cnc5c(N)ncnc54)[C@]4(C)O[C@@H]4[C@@H](C)C/C=C/[C@H]2[C@@H]2O[C@]2(C)[C@@H](C)[C@@H]13. The van der Waals surface area contributed by atoms with E-state index in [0.717, 1.165) is 6.42 Å². The number of hydrogen-bond acceptors (Lipinski definition) is 8. The molecule has 2 aromatic heterocycles. The smallest absolute Gasteiger partial charge is 0.235 e. The molecule has 2 aliphatic carbocycles. The van der Waals surface area contributed by atoms with Crippen LogP contribution in [0.1, 0.15) is 53.5 Å². The van der Waals surface area contributed by atoms with Crippen molar-refractivity contribution >= 4 is 28.7 Å². The van der Waals surface area contributed by atoms with Crippen molar-refractivity contribution in [1.29, 1.82) is 0 Å². The number of nitrogens with zero attached hydrogens (tertiary/aromatic N) is 4. The summed E-state index contributed by atoms with van der Waals surface area (Å²) in [4.78, 5) is 41.7. The second-order valence-corrected chi connectivity index (χ2v) is 12.3. The zero-order valence-electron chi connectivity index (χ0n) is 21.8. The summed E-state index contributed by atoms with van der Waals surface area (Å²) in [5.41, 5.74) is 4.99. The molecule has 1 saturated carbocycles. The molecule has 5 aliphatic rings. The Morgan fingerprint density at radius 3 is 2.62 bits per heavy atom. The van der Waals surface area contributed by atoms with Crippen LogP contribution < -0.4 is 11.1 Å². The topological polar surface area (TPSA) is 141 Å². The summed E-state index contributed by atoms with van der Waals surface area (Å²) in [6.07, 6.45) is 8.02. The maximum Gasteiger partial charge on any atom is 0.235 e. The molecule has 0 bridgehead atoms. The van der Waals surface area contributed by atoms with Crippen LogP contribution in [0.5, 0.6) is 0 Å². The average Bonchev–Trinajstić information content (AvgIpc) is 3.64. The predicted octanol–water partition coefficient (Wildman–Crippen LogP) is 2.21. The Morgan fingerprint density at radius 2 is 1.84 bits per heavy atom. The van der Waals surface area contributed by atoms with Crippen LogP contribution >= 0.6 is 0 Å². The minimum absolute atomic E-state index is 0.0438. The summed E-state index contributed by atoms with van der Waals surface area (Å²) in [7, 11) is 0. The van der Waals surface area contributed by atoms with Gasteiger partial charge in [-0.25, -0.2) is 15.0 Å².